The predicted molar refractivity (Wildman–Crippen MR) is 104 cm³/mol. The van der Waals surface area contributed by atoms with Crippen LogP contribution in [0.4, 0.5) is 5.69 Å². The van der Waals surface area contributed by atoms with Gasteiger partial charge in [-0.05, 0) is 42.8 Å². The van der Waals surface area contributed by atoms with E-state index in [4.69, 9.17) is 0 Å². The molecule has 7 heteroatoms. The number of carbonyl (C=O) groups is 1. The molecule has 0 aromatic carbocycles. The van der Waals surface area contributed by atoms with E-state index in [2.05, 4.69) is 31.8 Å². The Bertz CT molecular complexity index is 993. The van der Waals surface area contributed by atoms with Crippen LogP contribution in [0.5, 0.6) is 0 Å². The molecule has 7 nitrogen and oxygen atoms in total. The van der Waals surface area contributed by atoms with Crippen LogP contribution in [-0.2, 0) is 7.05 Å². The van der Waals surface area contributed by atoms with Crippen LogP contribution in [0.15, 0.2) is 54.9 Å². The van der Waals surface area contributed by atoms with Crippen LogP contribution >= 0.6 is 0 Å². The fraction of sp³-hybridized carbons (Fsp3) is 0.200. The topological polar surface area (TPSA) is 84.7 Å². The average Bonchev–Trinajstić information content (AvgIpc) is 3.09. The number of hydrogen-bond acceptors (Lipinski definition) is 5. The molecule has 0 saturated carbocycles. The summed E-state index contributed by atoms with van der Waals surface area (Å²) < 4.78 is 1.66. The molecular weight excluding hydrogens is 340 g/mol. The van der Waals surface area contributed by atoms with Crippen molar-refractivity contribution in [2.45, 2.75) is 6.42 Å². The van der Waals surface area contributed by atoms with Gasteiger partial charge >= 0.3 is 0 Å². The van der Waals surface area contributed by atoms with Crippen molar-refractivity contribution < 1.29 is 4.79 Å². The summed E-state index contributed by atoms with van der Waals surface area (Å²) in [6.45, 7) is 1.75. The highest BCUT2D eigenvalue weighted by molar-refractivity contribution is 6.04. The Morgan fingerprint density at radius 1 is 1.19 bits per heavy atom. The first-order valence-electron chi connectivity index (χ1n) is 8.84. The molecular formula is C20H20N6O. The van der Waals surface area contributed by atoms with Crippen molar-refractivity contribution in [3.8, 4) is 11.4 Å². The van der Waals surface area contributed by atoms with Crippen LogP contribution in [-0.4, -0.2) is 38.7 Å². The molecule has 1 aliphatic rings. The minimum absolute atomic E-state index is 0.267. The van der Waals surface area contributed by atoms with Crippen LogP contribution in [0, 0.1) is 0 Å². The van der Waals surface area contributed by atoms with Crippen molar-refractivity contribution in [3.63, 3.8) is 0 Å². The summed E-state index contributed by atoms with van der Waals surface area (Å²) >= 11 is 0. The van der Waals surface area contributed by atoms with E-state index in [-0.39, 0.29) is 5.91 Å². The first-order valence-corrected chi connectivity index (χ1v) is 8.84. The van der Waals surface area contributed by atoms with Crippen LogP contribution in [0.25, 0.3) is 17.0 Å². The van der Waals surface area contributed by atoms with Gasteiger partial charge in [0.1, 0.15) is 11.4 Å². The van der Waals surface area contributed by atoms with Gasteiger partial charge in [0.15, 0.2) is 0 Å². The largest absolute Gasteiger partial charge is 0.317 e. The van der Waals surface area contributed by atoms with Gasteiger partial charge in [0.2, 0.25) is 0 Å². The number of aryl methyl sites for hydroxylation is 1. The Balaban J connectivity index is 1.59. The second kappa shape index (κ2) is 7.51. The maximum atomic E-state index is 12.8. The van der Waals surface area contributed by atoms with Crippen molar-refractivity contribution in [3.05, 3.63) is 66.3 Å². The van der Waals surface area contributed by atoms with Gasteiger partial charge in [-0.25, -0.2) is 4.98 Å². The van der Waals surface area contributed by atoms with Gasteiger partial charge in [-0.2, -0.15) is 5.10 Å². The summed E-state index contributed by atoms with van der Waals surface area (Å²) in [5.41, 5.74) is 4.33. The van der Waals surface area contributed by atoms with E-state index < -0.39 is 0 Å². The second-order valence-electron chi connectivity index (χ2n) is 6.33. The van der Waals surface area contributed by atoms with Crippen LogP contribution in [0.3, 0.4) is 0 Å². The second-order valence-corrected chi connectivity index (χ2v) is 6.33. The number of anilines is 1. The molecule has 0 fully saturated rings. The summed E-state index contributed by atoms with van der Waals surface area (Å²) in [5, 5.41) is 10.6. The minimum Gasteiger partial charge on any atom is -0.317 e. The highest BCUT2D eigenvalue weighted by Gasteiger charge is 2.16. The molecule has 4 rings (SSSR count). The third-order valence-corrected chi connectivity index (χ3v) is 4.36. The zero-order chi connectivity index (χ0) is 18.6. The monoisotopic (exact) mass is 360 g/mol. The number of pyridine rings is 2. The van der Waals surface area contributed by atoms with E-state index in [1.54, 1.807) is 23.1 Å². The third kappa shape index (κ3) is 3.78. The van der Waals surface area contributed by atoms with Crippen molar-refractivity contribution >= 4 is 17.2 Å². The van der Waals surface area contributed by atoms with E-state index in [1.165, 1.54) is 5.57 Å². The molecule has 0 aliphatic carbocycles. The van der Waals surface area contributed by atoms with Crippen molar-refractivity contribution in [1.82, 2.24) is 25.1 Å². The summed E-state index contributed by atoms with van der Waals surface area (Å²) in [6, 6.07) is 11.1. The van der Waals surface area contributed by atoms with Crippen LogP contribution < -0.4 is 10.6 Å². The molecule has 1 aliphatic heterocycles. The highest BCUT2D eigenvalue weighted by Crippen LogP contribution is 2.25. The molecule has 136 valence electrons. The zero-order valence-corrected chi connectivity index (χ0v) is 15.0. The average molecular weight is 360 g/mol. The number of hydrogen-bond donors (Lipinski definition) is 2. The van der Waals surface area contributed by atoms with Gasteiger partial charge in [0.05, 0.1) is 17.1 Å². The Morgan fingerprint density at radius 3 is 2.85 bits per heavy atom. The van der Waals surface area contributed by atoms with E-state index in [0.29, 0.717) is 22.8 Å². The highest BCUT2D eigenvalue weighted by atomic mass is 16.1. The Hall–Kier alpha value is -3.32. The van der Waals surface area contributed by atoms with Crippen molar-refractivity contribution in [1.29, 1.82) is 0 Å². The number of amides is 1. The number of rotatable bonds is 4. The van der Waals surface area contributed by atoms with E-state index in [0.717, 1.165) is 25.2 Å². The Morgan fingerprint density at radius 2 is 2.07 bits per heavy atom. The molecule has 3 aromatic heterocycles. The molecule has 1 amide bonds. The maximum absolute atomic E-state index is 12.8. The van der Waals surface area contributed by atoms with E-state index >= 15 is 0 Å². The standard InChI is InChI=1S/C20H20N6O/c1-26-13-18(19(25-26)16-5-2-3-10-22-16)24-20(27)17-7-4-6-15(23-17)14-8-11-21-12-9-14/h2-8,10,13,21H,9,11-12H2,1H3,(H,24,27). The van der Waals surface area contributed by atoms with Crippen LogP contribution in [0.1, 0.15) is 22.6 Å². The molecule has 0 unspecified atom stereocenters. The SMILES string of the molecule is Cn1cc(NC(=O)c2cccc(C3=CCNCC3)n2)c(-c2ccccn2)n1. The lowest BCUT2D eigenvalue weighted by molar-refractivity contribution is 0.102. The molecule has 27 heavy (non-hydrogen) atoms. The summed E-state index contributed by atoms with van der Waals surface area (Å²) in [7, 11) is 1.81. The maximum Gasteiger partial charge on any atom is 0.274 e. The first kappa shape index (κ1) is 17.1. The summed E-state index contributed by atoms with van der Waals surface area (Å²) in [5.74, 6) is -0.267. The molecule has 2 N–H and O–H groups in total. The summed E-state index contributed by atoms with van der Waals surface area (Å²) in [6.07, 6.45) is 6.49. The van der Waals surface area contributed by atoms with Gasteiger partial charge in [-0.15, -0.1) is 0 Å². The number of aromatic nitrogens is 4. The number of carbonyl (C=O) groups excluding carboxylic acids is 1. The normalized spacial score (nSPS) is 13.9. The van der Waals surface area contributed by atoms with Crippen molar-refractivity contribution in [2.75, 3.05) is 18.4 Å². The fourth-order valence-corrected chi connectivity index (χ4v) is 3.05. The molecule has 3 aromatic rings. The fourth-order valence-electron chi connectivity index (χ4n) is 3.05. The smallest absolute Gasteiger partial charge is 0.274 e. The lowest BCUT2D eigenvalue weighted by Gasteiger charge is -2.14. The van der Waals surface area contributed by atoms with E-state index in [9.17, 15) is 4.79 Å². The molecule has 4 heterocycles. The molecule has 0 radical (unpaired) electrons. The van der Waals surface area contributed by atoms with Crippen LogP contribution in [0.2, 0.25) is 0 Å². The van der Waals surface area contributed by atoms with Gasteiger partial charge < -0.3 is 10.6 Å². The molecule has 0 bridgehead atoms. The van der Waals surface area contributed by atoms with E-state index in [1.807, 2.05) is 37.4 Å². The zero-order valence-electron chi connectivity index (χ0n) is 15.0. The quantitative estimate of drug-likeness (QED) is 0.747. The molecule has 0 spiro atoms. The van der Waals surface area contributed by atoms with Crippen molar-refractivity contribution in [2.24, 2.45) is 7.05 Å². The summed E-state index contributed by atoms with van der Waals surface area (Å²) in [4.78, 5) is 21.7. The first-order chi connectivity index (χ1) is 13.2. The van der Waals surface area contributed by atoms with Gasteiger partial charge in [-0.3, -0.25) is 14.5 Å². The lowest BCUT2D eigenvalue weighted by atomic mass is 10.1. The predicted octanol–water partition coefficient (Wildman–Crippen LogP) is 2.51. The molecule has 0 saturated heterocycles. The van der Waals surface area contributed by atoms with Gasteiger partial charge in [0, 0.05) is 26.0 Å². The number of nitrogens with one attached hydrogen (secondary N) is 2. The van der Waals surface area contributed by atoms with Gasteiger partial charge in [0.25, 0.3) is 5.91 Å². The third-order valence-electron chi connectivity index (χ3n) is 4.36. The van der Waals surface area contributed by atoms with Gasteiger partial charge in [-0.1, -0.05) is 18.2 Å². The number of nitrogens with zero attached hydrogens (tertiary/aromatic N) is 4. The Labute approximate surface area is 157 Å². The Kier molecular flexibility index (Phi) is 4.76. The molecule has 0 atom stereocenters. The lowest BCUT2D eigenvalue weighted by Crippen LogP contribution is -2.21. The minimum atomic E-state index is -0.267.